The predicted octanol–water partition coefficient (Wildman–Crippen LogP) is 2.06. The highest BCUT2D eigenvalue weighted by Crippen LogP contribution is 2.30. The third kappa shape index (κ3) is 4.19. The average Bonchev–Trinajstić information content (AvgIpc) is 2.34. The minimum Gasteiger partial charge on any atom is -0.328 e. The molecular formula is C12H17F3N2O2S. The highest BCUT2D eigenvalue weighted by molar-refractivity contribution is 7.89. The Hall–Kier alpha value is -1.12. The Kier molecular flexibility index (Phi) is 5.17. The second-order valence-electron chi connectivity index (χ2n) is 4.62. The second kappa shape index (κ2) is 6.11. The van der Waals surface area contributed by atoms with E-state index in [-0.39, 0.29) is 17.5 Å². The Bertz CT molecular complexity index is 556. The normalized spacial score (nSPS) is 14.6. The predicted molar refractivity (Wildman–Crippen MR) is 69.5 cm³/mol. The molecule has 1 atom stereocenters. The summed E-state index contributed by atoms with van der Waals surface area (Å²) in [6.07, 6.45) is -4.15. The van der Waals surface area contributed by atoms with Gasteiger partial charge in [-0.1, -0.05) is 6.07 Å². The number of hydrogen-bond acceptors (Lipinski definition) is 3. The van der Waals surface area contributed by atoms with Gasteiger partial charge < -0.3 is 5.73 Å². The van der Waals surface area contributed by atoms with Gasteiger partial charge in [-0.25, -0.2) is 12.7 Å². The molecule has 0 heterocycles. The zero-order chi connectivity index (χ0) is 15.6. The zero-order valence-electron chi connectivity index (χ0n) is 11.2. The summed E-state index contributed by atoms with van der Waals surface area (Å²) in [5, 5.41) is 0. The van der Waals surface area contributed by atoms with Crippen LogP contribution < -0.4 is 5.73 Å². The first-order valence-corrected chi connectivity index (χ1v) is 7.38. The van der Waals surface area contributed by atoms with Gasteiger partial charge in [-0.2, -0.15) is 13.2 Å². The number of rotatable bonds is 5. The average molecular weight is 310 g/mol. The van der Waals surface area contributed by atoms with Crippen molar-refractivity contribution in [3.8, 4) is 0 Å². The van der Waals surface area contributed by atoms with Crippen LogP contribution in [0.1, 0.15) is 18.9 Å². The van der Waals surface area contributed by atoms with Crippen LogP contribution in [-0.2, 0) is 16.2 Å². The molecule has 8 heteroatoms. The largest absolute Gasteiger partial charge is 0.416 e. The van der Waals surface area contributed by atoms with E-state index in [1.165, 1.54) is 7.05 Å². The molecule has 0 spiro atoms. The van der Waals surface area contributed by atoms with Crippen molar-refractivity contribution in [2.45, 2.75) is 30.5 Å². The molecule has 1 aromatic carbocycles. The molecule has 0 aliphatic heterocycles. The summed E-state index contributed by atoms with van der Waals surface area (Å²) < 4.78 is 63.0. The van der Waals surface area contributed by atoms with Crippen molar-refractivity contribution in [2.75, 3.05) is 13.6 Å². The lowest BCUT2D eigenvalue weighted by Gasteiger charge is -2.19. The van der Waals surface area contributed by atoms with Crippen LogP contribution in [0.4, 0.5) is 13.2 Å². The van der Waals surface area contributed by atoms with E-state index >= 15 is 0 Å². The molecule has 0 aliphatic carbocycles. The smallest absolute Gasteiger partial charge is 0.328 e. The first kappa shape index (κ1) is 16.9. The number of alkyl halides is 3. The molecule has 0 aliphatic rings. The van der Waals surface area contributed by atoms with Gasteiger partial charge in [-0.3, -0.25) is 0 Å². The first-order chi connectivity index (χ1) is 9.05. The molecular weight excluding hydrogens is 293 g/mol. The molecule has 0 radical (unpaired) electrons. The van der Waals surface area contributed by atoms with Crippen molar-refractivity contribution in [1.29, 1.82) is 0 Å². The minimum absolute atomic E-state index is 0.149. The van der Waals surface area contributed by atoms with Crippen molar-refractivity contribution < 1.29 is 21.6 Å². The summed E-state index contributed by atoms with van der Waals surface area (Å²) in [5.74, 6) is 0. The van der Waals surface area contributed by atoms with Gasteiger partial charge in [0, 0.05) is 19.6 Å². The maximum absolute atomic E-state index is 12.6. The van der Waals surface area contributed by atoms with Crippen molar-refractivity contribution in [3.05, 3.63) is 29.8 Å². The van der Waals surface area contributed by atoms with Crippen molar-refractivity contribution in [3.63, 3.8) is 0 Å². The molecule has 0 fully saturated rings. The quantitative estimate of drug-likeness (QED) is 0.905. The lowest BCUT2D eigenvalue weighted by atomic mass is 10.2. The SMILES string of the molecule is CC(N)CCN(C)S(=O)(=O)c1cccc(C(F)(F)F)c1. The Balaban J connectivity index is 3.04. The number of benzene rings is 1. The van der Waals surface area contributed by atoms with Crippen LogP contribution >= 0.6 is 0 Å². The van der Waals surface area contributed by atoms with Gasteiger partial charge in [0.25, 0.3) is 0 Å². The Morgan fingerprint density at radius 1 is 1.35 bits per heavy atom. The van der Waals surface area contributed by atoms with Crippen LogP contribution in [0.25, 0.3) is 0 Å². The van der Waals surface area contributed by atoms with E-state index in [0.29, 0.717) is 12.5 Å². The second-order valence-corrected chi connectivity index (χ2v) is 6.66. The van der Waals surface area contributed by atoms with Gasteiger partial charge in [0.1, 0.15) is 0 Å². The van der Waals surface area contributed by atoms with Crippen molar-refractivity contribution in [1.82, 2.24) is 4.31 Å². The maximum atomic E-state index is 12.6. The van der Waals surface area contributed by atoms with Crippen LogP contribution in [0.5, 0.6) is 0 Å². The molecule has 0 amide bonds. The van der Waals surface area contributed by atoms with Gasteiger partial charge in [-0.05, 0) is 31.5 Å². The van der Waals surface area contributed by atoms with E-state index in [1.807, 2.05) is 0 Å². The molecule has 4 nitrogen and oxygen atoms in total. The van der Waals surface area contributed by atoms with Crippen LogP contribution in [0.15, 0.2) is 29.2 Å². The lowest BCUT2D eigenvalue weighted by Crippen LogP contribution is -2.31. The van der Waals surface area contributed by atoms with E-state index in [1.54, 1.807) is 6.92 Å². The Morgan fingerprint density at radius 3 is 2.45 bits per heavy atom. The molecule has 0 saturated carbocycles. The highest BCUT2D eigenvalue weighted by atomic mass is 32.2. The Morgan fingerprint density at radius 2 is 1.95 bits per heavy atom. The summed E-state index contributed by atoms with van der Waals surface area (Å²) in [4.78, 5) is -0.375. The van der Waals surface area contributed by atoms with Crippen LogP contribution in [0, 0.1) is 0 Å². The molecule has 20 heavy (non-hydrogen) atoms. The van der Waals surface area contributed by atoms with Gasteiger partial charge in [0.05, 0.1) is 10.5 Å². The number of hydrogen-bond donors (Lipinski definition) is 1. The first-order valence-electron chi connectivity index (χ1n) is 5.94. The fourth-order valence-electron chi connectivity index (χ4n) is 1.52. The van der Waals surface area contributed by atoms with Crippen LogP contribution in [-0.4, -0.2) is 32.4 Å². The van der Waals surface area contributed by atoms with E-state index in [9.17, 15) is 21.6 Å². The van der Waals surface area contributed by atoms with E-state index < -0.39 is 21.8 Å². The topological polar surface area (TPSA) is 63.4 Å². The maximum Gasteiger partial charge on any atom is 0.416 e. The van der Waals surface area contributed by atoms with Crippen molar-refractivity contribution >= 4 is 10.0 Å². The van der Waals surface area contributed by atoms with Gasteiger partial charge in [0.15, 0.2) is 0 Å². The molecule has 1 unspecified atom stereocenters. The fourth-order valence-corrected chi connectivity index (χ4v) is 2.75. The number of nitrogens with zero attached hydrogens (tertiary/aromatic N) is 1. The third-order valence-electron chi connectivity index (χ3n) is 2.77. The zero-order valence-corrected chi connectivity index (χ0v) is 12.0. The summed E-state index contributed by atoms with van der Waals surface area (Å²) >= 11 is 0. The van der Waals surface area contributed by atoms with Crippen LogP contribution in [0.2, 0.25) is 0 Å². The molecule has 0 aromatic heterocycles. The standard InChI is InChI=1S/C12H17F3N2O2S/c1-9(16)6-7-17(2)20(18,19)11-5-3-4-10(8-11)12(13,14)15/h3-5,8-9H,6-7,16H2,1-2H3. The molecule has 1 rings (SSSR count). The van der Waals surface area contributed by atoms with Crippen molar-refractivity contribution in [2.24, 2.45) is 5.73 Å². The molecule has 0 bridgehead atoms. The molecule has 0 saturated heterocycles. The lowest BCUT2D eigenvalue weighted by molar-refractivity contribution is -0.137. The summed E-state index contributed by atoms with van der Waals surface area (Å²) in [6.45, 7) is 1.88. The van der Waals surface area contributed by atoms with E-state index in [0.717, 1.165) is 22.5 Å². The summed E-state index contributed by atoms with van der Waals surface area (Å²) in [7, 11) is -2.62. The number of halogens is 3. The molecule has 2 N–H and O–H groups in total. The number of nitrogens with two attached hydrogens (primary N) is 1. The monoisotopic (exact) mass is 310 g/mol. The fraction of sp³-hybridized carbons (Fsp3) is 0.500. The highest BCUT2D eigenvalue weighted by Gasteiger charge is 2.32. The molecule has 114 valence electrons. The summed E-state index contributed by atoms with van der Waals surface area (Å²) in [6, 6.07) is 3.51. The van der Waals surface area contributed by atoms with Crippen LogP contribution in [0.3, 0.4) is 0 Å². The molecule has 1 aromatic rings. The van der Waals surface area contributed by atoms with E-state index in [2.05, 4.69) is 0 Å². The van der Waals surface area contributed by atoms with Gasteiger partial charge >= 0.3 is 6.18 Å². The van der Waals surface area contributed by atoms with E-state index in [4.69, 9.17) is 5.73 Å². The Labute approximate surface area is 116 Å². The number of sulfonamides is 1. The third-order valence-corrected chi connectivity index (χ3v) is 4.62. The summed E-state index contributed by atoms with van der Waals surface area (Å²) in [5.41, 5.74) is 4.55. The van der Waals surface area contributed by atoms with Gasteiger partial charge in [0.2, 0.25) is 10.0 Å². The van der Waals surface area contributed by atoms with Gasteiger partial charge in [-0.15, -0.1) is 0 Å². The minimum atomic E-state index is -4.57.